The predicted molar refractivity (Wildman–Crippen MR) is 87.8 cm³/mol. The molecule has 2 amide bonds. The topological polar surface area (TPSA) is 92.4 Å². The van der Waals surface area contributed by atoms with Crippen LogP contribution in [0.15, 0.2) is 48.5 Å². The minimum Gasteiger partial charge on any atom is -0.369 e. The molecule has 138 valence electrons. The summed E-state index contributed by atoms with van der Waals surface area (Å²) in [6.07, 6.45) is -4.51. The van der Waals surface area contributed by atoms with Crippen molar-refractivity contribution in [1.29, 1.82) is 0 Å². The Labute approximate surface area is 147 Å². The Balaban J connectivity index is 2.17. The second-order valence-corrected chi connectivity index (χ2v) is 5.82. The van der Waals surface area contributed by atoms with Crippen molar-refractivity contribution in [1.82, 2.24) is 5.48 Å². The predicted octanol–water partition coefficient (Wildman–Crippen LogP) is 2.91. The normalized spacial score (nSPS) is 12.5. The Hall–Kier alpha value is -2.87. The van der Waals surface area contributed by atoms with Gasteiger partial charge in [0.25, 0.3) is 0 Å². The molecule has 26 heavy (non-hydrogen) atoms. The van der Waals surface area contributed by atoms with Crippen LogP contribution in [0, 0.1) is 5.92 Å². The number of carbonyl (C=O) groups excluding carboxylic acids is 2. The first-order valence-electron chi connectivity index (χ1n) is 7.69. The molecule has 0 bridgehead atoms. The molecular weight excluding hydrogens is 349 g/mol. The van der Waals surface area contributed by atoms with E-state index in [1.165, 1.54) is 11.5 Å². The van der Waals surface area contributed by atoms with Crippen LogP contribution in [0.5, 0.6) is 0 Å². The molecule has 2 aromatic carbocycles. The Bertz CT molecular complexity index is 789. The zero-order valence-corrected chi connectivity index (χ0v) is 13.6. The summed E-state index contributed by atoms with van der Waals surface area (Å²) in [6.45, 7) is 0. The number of benzene rings is 2. The number of hydrogen-bond acceptors (Lipinski definition) is 3. The standard InChI is InChI=1S/C18H17F3N2O3/c19-18(20,21)15-3-1-2-13(9-15)12-6-4-11(5-7-12)8-14(17(22)25)10-16(24)23-26/h1-7,9,14,26H,8,10H2,(H2,22,25)(H,23,24)/t14-/m1/s1. The van der Waals surface area contributed by atoms with E-state index < -0.39 is 29.5 Å². The highest BCUT2D eigenvalue weighted by atomic mass is 19.4. The maximum atomic E-state index is 12.8. The zero-order chi connectivity index (χ0) is 19.3. The van der Waals surface area contributed by atoms with Crippen LogP contribution in [0.4, 0.5) is 13.2 Å². The summed E-state index contributed by atoms with van der Waals surface area (Å²) in [5, 5.41) is 8.54. The maximum Gasteiger partial charge on any atom is 0.416 e. The van der Waals surface area contributed by atoms with Crippen molar-refractivity contribution in [2.45, 2.75) is 19.0 Å². The monoisotopic (exact) mass is 366 g/mol. The highest BCUT2D eigenvalue weighted by molar-refractivity contribution is 5.84. The highest BCUT2D eigenvalue weighted by Gasteiger charge is 2.30. The van der Waals surface area contributed by atoms with Gasteiger partial charge in [-0.15, -0.1) is 0 Å². The number of alkyl halides is 3. The highest BCUT2D eigenvalue weighted by Crippen LogP contribution is 2.32. The van der Waals surface area contributed by atoms with Crippen molar-refractivity contribution >= 4 is 11.8 Å². The van der Waals surface area contributed by atoms with E-state index in [0.29, 0.717) is 16.7 Å². The van der Waals surface area contributed by atoms with Crippen molar-refractivity contribution in [3.8, 4) is 11.1 Å². The van der Waals surface area contributed by atoms with Crippen molar-refractivity contribution in [3.63, 3.8) is 0 Å². The summed E-state index contributed by atoms with van der Waals surface area (Å²) < 4.78 is 38.4. The van der Waals surface area contributed by atoms with Gasteiger partial charge >= 0.3 is 6.18 Å². The molecule has 2 aromatic rings. The van der Waals surface area contributed by atoms with E-state index in [1.54, 1.807) is 30.3 Å². The fourth-order valence-corrected chi connectivity index (χ4v) is 2.54. The molecule has 0 aromatic heterocycles. The largest absolute Gasteiger partial charge is 0.416 e. The van der Waals surface area contributed by atoms with Gasteiger partial charge in [-0.2, -0.15) is 13.2 Å². The number of hydrogen-bond donors (Lipinski definition) is 3. The maximum absolute atomic E-state index is 12.8. The lowest BCUT2D eigenvalue weighted by atomic mass is 9.93. The lowest BCUT2D eigenvalue weighted by Gasteiger charge is -2.13. The van der Waals surface area contributed by atoms with Crippen LogP contribution in [-0.4, -0.2) is 17.0 Å². The van der Waals surface area contributed by atoms with Gasteiger partial charge in [-0.1, -0.05) is 36.4 Å². The molecule has 0 spiro atoms. The molecule has 2 rings (SSSR count). The molecule has 8 heteroatoms. The van der Waals surface area contributed by atoms with E-state index >= 15 is 0 Å². The van der Waals surface area contributed by atoms with Crippen molar-refractivity contribution in [2.24, 2.45) is 11.7 Å². The Morgan fingerprint density at radius 2 is 1.73 bits per heavy atom. The molecule has 0 aliphatic heterocycles. The average Bonchev–Trinajstić information content (AvgIpc) is 2.61. The SMILES string of the molecule is NC(=O)[C@@H](CC(=O)NO)Cc1ccc(-c2cccc(C(F)(F)F)c2)cc1. The third kappa shape index (κ3) is 5.06. The van der Waals surface area contributed by atoms with Crippen molar-refractivity contribution in [2.75, 3.05) is 0 Å². The van der Waals surface area contributed by atoms with Crippen LogP contribution in [0.2, 0.25) is 0 Å². The number of nitrogens with one attached hydrogen (secondary N) is 1. The molecule has 0 heterocycles. The van der Waals surface area contributed by atoms with Crippen LogP contribution in [0.3, 0.4) is 0 Å². The summed E-state index contributed by atoms with van der Waals surface area (Å²) >= 11 is 0. The smallest absolute Gasteiger partial charge is 0.369 e. The minimum atomic E-state index is -4.42. The van der Waals surface area contributed by atoms with Gasteiger partial charge < -0.3 is 5.73 Å². The first kappa shape index (κ1) is 19.5. The number of carbonyl (C=O) groups is 2. The van der Waals surface area contributed by atoms with Crippen molar-refractivity contribution < 1.29 is 28.0 Å². The first-order chi connectivity index (χ1) is 12.2. The quantitative estimate of drug-likeness (QED) is 0.542. The van der Waals surface area contributed by atoms with E-state index in [2.05, 4.69) is 0 Å². The van der Waals surface area contributed by atoms with E-state index in [0.717, 1.165) is 12.1 Å². The second kappa shape index (κ2) is 8.01. The number of amides is 2. The molecule has 0 aliphatic carbocycles. The van der Waals surface area contributed by atoms with Gasteiger partial charge in [0, 0.05) is 6.42 Å². The van der Waals surface area contributed by atoms with Gasteiger partial charge in [0.15, 0.2) is 0 Å². The van der Waals surface area contributed by atoms with Crippen LogP contribution in [-0.2, 0) is 22.2 Å². The van der Waals surface area contributed by atoms with E-state index in [9.17, 15) is 22.8 Å². The molecule has 0 unspecified atom stereocenters. The molecule has 0 fully saturated rings. The fraction of sp³-hybridized carbons (Fsp3) is 0.222. The number of hydroxylamine groups is 1. The second-order valence-electron chi connectivity index (χ2n) is 5.82. The third-order valence-electron chi connectivity index (χ3n) is 3.92. The number of halogens is 3. The summed E-state index contributed by atoms with van der Waals surface area (Å²) in [5.41, 5.74) is 7.66. The van der Waals surface area contributed by atoms with E-state index in [4.69, 9.17) is 10.9 Å². The molecule has 5 nitrogen and oxygen atoms in total. The third-order valence-corrected chi connectivity index (χ3v) is 3.92. The van der Waals surface area contributed by atoms with E-state index in [-0.39, 0.29) is 12.8 Å². The fourth-order valence-electron chi connectivity index (χ4n) is 2.54. The molecule has 0 saturated carbocycles. The van der Waals surface area contributed by atoms with Crippen LogP contribution in [0.25, 0.3) is 11.1 Å². The molecule has 0 aliphatic rings. The van der Waals surface area contributed by atoms with Crippen LogP contribution >= 0.6 is 0 Å². The Morgan fingerprint density at radius 3 is 2.27 bits per heavy atom. The number of nitrogens with two attached hydrogens (primary N) is 1. The average molecular weight is 366 g/mol. The van der Waals surface area contributed by atoms with E-state index in [1.807, 2.05) is 0 Å². The van der Waals surface area contributed by atoms with Gasteiger partial charge in [-0.3, -0.25) is 14.8 Å². The summed E-state index contributed by atoms with van der Waals surface area (Å²) in [6, 6.07) is 11.5. The molecular formula is C18H17F3N2O3. The van der Waals surface area contributed by atoms with Gasteiger partial charge in [-0.25, -0.2) is 5.48 Å². The Morgan fingerprint density at radius 1 is 1.08 bits per heavy atom. The molecule has 0 saturated heterocycles. The molecule has 4 N–H and O–H groups in total. The van der Waals surface area contributed by atoms with Gasteiger partial charge in [0.2, 0.25) is 11.8 Å². The summed E-state index contributed by atoms with van der Waals surface area (Å²) in [4.78, 5) is 22.6. The Kier molecular flexibility index (Phi) is 5.99. The zero-order valence-electron chi connectivity index (χ0n) is 13.6. The lowest BCUT2D eigenvalue weighted by Crippen LogP contribution is -2.31. The summed E-state index contributed by atoms with van der Waals surface area (Å²) in [5.74, 6) is -2.22. The minimum absolute atomic E-state index is 0.172. The lowest BCUT2D eigenvalue weighted by molar-refractivity contribution is -0.137. The summed E-state index contributed by atoms with van der Waals surface area (Å²) in [7, 11) is 0. The first-order valence-corrected chi connectivity index (χ1v) is 7.69. The van der Waals surface area contributed by atoms with Crippen LogP contribution in [0.1, 0.15) is 17.5 Å². The van der Waals surface area contributed by atoms with Crippen molar-refractivity contribution in [3.05, 3.63) is 59.7 Å². The van der Waals surface area contributed by atoms with Crippen LogP contribution < -0.4 is 11.2 Å². The van der Waals surface area contributed by atoms with Gasteiger partial charge in [-0.05, 0) is 35.2 Å². The molecule has 1 atom stereocenters. The van der Waals surface area contributed by atoms with Gasteiger partial charge in [0.1, 0.15) is 0 Å². The van der Waals surface area contributed by atoms with Gasteiger partial charge in [0.05, 0.1) is 11.5 Å². The molecule has 0 radical (unpaired) electrons. The number of primary amides is 1. The number of rotatable bonds is 6.